The molecule has 2 fully saturated rings. The van der Waals surface area contributed by atoms with Crippen molar-refractivity contribution in [2.45, 2.75) is 12.5 Å². The minimum Gasteiger partial charge on any atom is -0.457 e. The van der Waals surface area contributed by atoms with E-state index in [0.29, 0.717) is 0 Å². The average Bonchev–Trinajstić information content (AvgIpc) is 3.08. The number of carbonyl (C=O) groups excluding carboxylic acids is 1. The van der Waals surface area contributed by atoms with Gasteiger partial charge < -0.3 is 4.74 Å². The largest absolute Gasteiger partial charge is 0.457 e. The summed E-state index contributed by atoms with van der Waals surface area (Å²) in [6.07, 6.45) is 6.73. The van der Waals surface area contributed by atoms with E-state index in [1.165, 1.54) is 0 Å². The fraction of sp³-hybridized carbons (Fsp3) is 0.471. The van der Waals surface area contributed by atoms with Gasteiger partial charge in [0.15, 0.2) is 10.8 Å². The highest BCUT2D eigenvalue weighted by Gasteiger charge is 2.79. The van der Waals surface area contributed by atoms with Gasteiger partial charge >= 0.3 is 5.97 Å². The van der Waals surface area contributed by atoms with E-state index in [1.807, 2.05) is 30.4 Å². The van der Waals surface area contributed by atoms with Gasteiger partial charge in [-0.2, -0.15) is 21.0 Å². The SMILES string of the molecule is N#CC1(C#N)[C@H]2C=C[C@@H]([C@H]3C=C[C@H]4OC(=O)C[C@@]324)C1(C#N)C#N. The zero-order valence-electron chi connectivity index (χ0n) is 11.9. The zero-order valence-corrected chi connectivity index (χ0v) is 11.9. The molecule has 0 amide bonds. The van der Waals surface area contributed by atoms with Crippen LogP contribution in [-0.2, 0) is 9.53 Å². The van der Waals surface area contributed by atoms with Gasteiger partial charge in [-0.05, 0) is 12.0 Å². The lowest BCUT2D eigenvalue weighted by molar-refractivity contribution is -0.140. The summed E-state index contributed by atoms with van der Waals surface area (Å²) in [6, 6.07) is 7.90. The molecule has 2 bridgehead atoms. The van der Waals surface area contributed by atoms with Crippen LogP contribution < -0.4 is 0 Å². The van der Waals surface area contributed by atoms with Gasteiger partial charge in [-0.1, -0.05) is 18.2 Å². The number of nitriles is 4. The molecular weight excluding hydrogens is 292 g/mol. The maximum atomic E-state index is 11.9. The Balaban J connectivity index is 2.05. The molecule has 6 heteroatoms. The highest BCUT2D eigenvalue weighted by atomic mass is 16.6. The fourth-order valence-corrected chi connectivity index (χ4v) is 5.21. The molecule has 4 aliphatic carbocycles. The average molecular weight is 302 g/mol. The van der Waals surface area contributed by atoms with E-state index in [1.54, 1.807) is 18.2 Å². The smallest absolute Gasteiger partial charge is 0.307 e. The van der Waals surface area contributed by atoms with E-state index in [-0.39, 0.29) is 18.3 Å². The number of ether oxygens (including phenoxy) is 1. The second-order valence-electron chi connectivity index (χ2n) is 6.56. The lowest BCUT2D eigenvalue weighted by atomic mass is 9.37. The van der Waals surface area contributed by atoms with Crippen LogP contribution in [0.1, 0.15) is 6.42 Å². The summed E-state index contributed by atoms with van der Waals surface area (Å²) < 4.78 is 5.37. The van der Waals surface area contributed by atoms with Crippen LogP contribution in [0.4, 0.5) is 0 Å². The number of hydrogen-bond acceptors (Lipinski definition) is 6. The second kappa shape index (κ2) is 3.81. The van der Waals surface area contributed by atoms with Gasteiger partial charge in [-0.25, -0.2) is 0 Å². The summed E-state index contributed by atoms with van der Waals surface area (Å²) in [5, 5.41) is 39.1. The van der Waals surface area contributed by atoms with Crippen LogP contribution in [0, 0.1) is 79.3 Å². The Kier molecular flexibility index (Phi) is 2.25. The highest BCUT2D eigenvalue weighted by molar-refractivity contribution is 5.75. The van der Waals surface area contributed by atoms with Crippen molar-refractivity contribution in [1.82, 2.24) is 0 Å². The normalized spacial score (nSPS) is 42.5. The molecule has 1 spiro atoms. The number of carbonyl (C=O) groups is 1. The minimum absolute atomic E-state index is 0.0961. The molecule has 0 radical (unpaired) electrons. The van der Waals surface area contributed by atoms with Crippen LogP contribution in [0.15, 0.2) is 24.3 Å². The molecule has 6 nitrogen and oxygen atoms in total. The Morgan fingerprint density at radius 3 is 2.13 bits per heavy atom. The van der Waals surface area contributed by atoms with E-state index in [0.717, 1.165) is 0 Å². The van der Waals surface area contributed by atoms with Crippen molar-refractivity contribution in [2.24, 2.45) is 34.0 Å². The summed E-state index contributed by atoms with van der Waals surface area (Å²) in [4.78, 5) is 11.9. The minimum atomic E-state index is -1.81. The molecule has 0 N–H and O–H groups in total. The van der Waals surface area contributed by atoms with Crippen molar-refractivity contribution in [2.75, 3.05) is 0 Å². The summed E-state index contributed by atoms with van der Waals surface area (Å²) in [7, 11) is 0. The Morgan fingerprint density at radius 1 is 0.913 bits per heavy atom. The molecule has 0 aromatic heterocycles. The molecule has 5 atom stereocenters. The van der Waals surface area contributed by atoms with Gasteiger partial charge in [0.05, 0.1) is 30.7 Å². The third-order valence-electron chi connectivity index (χ3n) is 6.12. The van der Waals surface area contributed by atoms with Gasteiger partial charge in [-0.15, -0.1) is 0 Å². The van der Waals surface area contributed by atoms with Crippen LogP contribution in [-0.4, -0.2) is 12.1 Å². The molecule has 0 aromatic rings. The third kappa shape index (κ3) is 1.08. The Hall–Kier alpha value is -3.09. The van der Waals surface area contributed by atoms with E-state index >= 15 is 0 Å². The second-order valence-corrected chi connectivity index (χ2v) is 6.56. The number of esters is 1. The molecule has 23 heavy (non-hydrogen) atoms. The first-order valence-corrected chi connectivity index (χ1v) is 7.27. The molecule has 0 aromatic carbocycles. The predicted molar refractivity (Wildman–Crippen MR) is 73.0 cm³/mol. The summed E-state index contributed by atoms with van der Waals surface area (Å²) >= 11 is 0. The van der Waals surface area contributed by atoms with Crippen molar-refractivity contribution in [3.8, 4) is 24.3 Å². The first kappa shape index (κ1) is 13.6. The van der Waals surface area contributed by atoms with Crippen molar-refractivity contribution >= 4 is 5.97 Å². The monoisotopic (exact) mass is 302 g/mol. The van der Waals surface area contributed by atoms with Crippen LogP contribution >= 0.6 is 0 Å². The molecular formula is C17H10N4O2. The lowest BCUT2D eigenvalue weighted by Crippen LogP contribution is -2.65. The van der Waals surface area contributed by atoms with E-state index in [2.05, 4.69) is 0 Å². The van der Waals surface area contributed by atoms with Gasteiger partial charge in [0, 0.05) is 17.3 Å². The first-order chi connectivity index (χ1) is 11.1. The molecule has 1 heterocycles. The summed E-state index contributed by atoms with van der Waals surface area (Å²) in [5.74, 6) is -1.94. The third-order valence-corrected chi connectivity index (χ3v) is 6.12. The first-order valence-electron chi connectivity index (χ1n) is 7.27. The van der Waals surface area contributed by atoms with E-state index in [9.17, 15) is 25.8 Å². The highest BCUT2D eigenvalue weighted by Crippen LogP contribution is 2.73. The number of fused-ring (bicyclic) bond motifs is 1. The molecule has 0 unspecified atom stereocenters. The molecule has 110 valence electrons. The molecule has 1 saturated carbocycles. The van der Waals surface area contributed by atoms with Gasteiger partial charge in [-0.3, -0.25) is 4.79 Å². The Labute approximate surface area is 132 Å². The van der Waals surface area contributed by atoms with Gasteiger partial charge in [0.1, 0.15) is 6.10 Å². The molecule has 1 saturated heterocycles. The predicted octanol–water partition coefficient (Wildman–Crippen LogP) is 1.36. The van der Waals surface area contributed by atoms with Crippen molar-refractivity contribution in [3.05, 3.63) is 24.3 Å². The van der Waals surface area contributed by atoms with Crippen molar-refractivity contribution in [3.63, 3.8) is 0 Å². The molecule has 5 rings (SSSR count). The van der Waals surface area contributed by atoms with Crippen LogP contribution in [0.5, 0.6) is 0 Å². The maximum Gasteiger partial charge on any atom is 0.307 e. The van der Waals surface area contributed by atoms with Crippen LogP contribution in [0.3, 0.4) is 0 Å². The van der Waals surface area contributed by atoms with Gasteiger partial charge in [0.25, 0.3) is 0 Å². The topological polar surface area (TPSA) is 121 Å². The zero-order chi connectivity index (χ0) is 16.5. The number of rotatable bonds is 0. The van der Waals surface area contributed by atoms with Crippen LogP contribution in [0.2, 0.25) is 0 Å². The van der Waals surface area contributed by atoms with E-state index in [4.69, 9.17) is 4.74 Å². The maximum absolute atomic E-state index is 11.9. The van der Waals surface area contributed by atoms with E-state index < -0.39 is 34.2 Å². The van der Waals surface area contributed by atoms with Crippen LogP contribution in [0.25, 0.3) is 0 Å². The number of hydrogen-bond donors (Lipinski definition) is 0. The molecule has 5 aliphatic rings. The fourth-order valence-electron chi connectivity index (χ4n) is 5.21. The standard InChI is InChI=1S/C17H10N4O2/c18-6-15(7-19)10-1-3-12(16(15,8-20)9-21)17-5-14(22)23-13(17)4-2-11(10)17/h1-4,10-13H,5H2/t10-,11+,12+,13+,17+/m0/s1. The number of allylic oxidation sites excluding steroid dienone is 3. The van der Waals surface area contributed by atoms with Crippen molar-refractivity contribution in [1.29, 1.82) is 21.0 Å². The summed E-state index contributed by atoms with van der Waals surface area (Å²) in [6.45, 7) is 0. The quantitative estimate of drug-likeness (QED) is 0.492. The Morgan fingerprint density at radius 2 is 1.52 bits per heavy atom. The molecule has 1 aliphatic heterocycles. The van der Waals surface area contributed by atoms with Gasteiger partial charge in [0.2, 0.25) is 0 Å². The Bertz CT molecular complexity index is 831. The lowest BCUT2D eigenvalue weighted by Gasteiger charge is -2.59. The number of nitrogens with zero attached hydrogens (tertiary/aromatic N) is 4. The summed E-state index contributed by atoms with van der Waals surface area (Å²) in [5.41, 5.74) is -4.31. The van der Waals surface area contributed by atoms with Crippen molar-refractivity contribution < 1.29 is 9.53 Å².